The molecule has 19 heavy (non-hydrogen) atoms. The van der Waals surface area contributed by atoms with Crippen molar-refractivity contribution >= 4 is 37.6 Å². The van der Waals surface area contributed by atoms with Gasteiger partial charge in [0.1, 0.15) is 4.90 Å². The molecule has 0 saturated heterocycles. The van der Waals surface area contributed by atoms with Crippen molar-refractivity contribution in [1.29, 1.82) is 0 Å². The maximum Gasteiger partial charge on any atom is 0.337 e. The zero-order valence-corrected chi connectivity index (χ0v) is 11.8. The summed E-state index contributed by atoms with van der Waals surface area (Å²) in [5, 5.41) is 9.06. The number of hydrogen-bond donors (Lipinski definition) is 3. The highest BCUT2D eigenvalue weighted by molar-refractivity contribution is 9.10. The van der Waals surface area contributed by atoms with Crippen LogP contribution in [0.1, 0.15) is 10.4 Å². The molecule has 0 bridgehead atoms. The van der Waals surface area contributed by atoms with Crippen LogP contribution in [0.3, 0.4) is 0 Å². The lowest BCUT2D eigenvalue weighted by atomic mass is 10.2. The molecular formula is C11H9BrN2O4S. The first-order chi connectivity index (χ1) is 8.90. The van der Waals surface area contributed by atoms with Crippen molar-refractivity contribution in [3.05, 3.63) is 46.7 Å². The zero-order valence-electron chi connectivity index (χ0n) is 9.42. The maximum atomic E-state index is 12.0. The molecule has 0 fully saturated rings. The second-order valence-electron chi connectivity index (χ2n) is 3.65. The minimum absolute atomic E-state index is 0.0110. The monoisotopic (exact) mass is 344 g/mol. The summed E-state index contributed by atoms with van der Waals surface area (Å²) in [6, 6.07) is 5.65. The van der Waals surface area contributed by atoms with Crippen LogP contribution in [0, 0.1) is 0 Å². The molecule has 0 saturated carbocycles. The van der Waals surface area contributed by atoms with E-state index < -0.39 is 16.0 Å². The molecule has 2 aromatic rings. The average Bonchev–Trinajstić information content (AvgIpc) is 2.85. The highest BCUT2D eigenvalue weighted by Crippen LogP contribution is 2.23. The van der Waals surface area contributed by atoms with Crippen LogP contribution in [0.25, 0.3) is 0 Å². The summed E-state index contributed by atoms with van der Waals surface area (Å²) in [5.41, 5.74) is -0.120. The molecule has 6 nitrogen and oxygen atoms in total. The number of carboxylic acids is 1. The Kier molecular flexibility index (Phi) is 3.63. The third kappa shape index (κ3) is 2.96. The first-order valence-electron chi connectivity index (χ1n) is 5.08. The summed E-state index contributed by atoms with van der Waals surface area (Å²) in [5.74, 6) is -1.21. The summed E-state index contributed by atoms with van der Waals surface area (Å²) >= 11 is 3.14. The molecule has 0 atom stereocenters. The van der Waals surface area contributed by atoms with Gasteiger partial charge in [-0.05, 0) is 24.3 Å². The summed E-state index contributed by atoms with van der Waals surface area (Å²) in [7, 11) is -3.80. The Hall–Kier alpha value is -1.80. The molecular weight excluding hydrogens is 336 g/mol. The molecule has 0 aliphatic carbocycles. The van der Waals surface area contributed by atoms with E-state index in [0.717, 1.165) is 0 Å². The lowest BCUT2D eigenvalue weighted by molar-refractivity contribution is 0.0698. The summed E-state index contributed by atoms with van der Waals surface area (Å²) in [6.45, 7) is 0. The number of aromatic carboxylic acids is 1. The summed E-state index contributed by atoms with van der Waals surface area (Å²) < 4.78 is 26.8. The van der Waals surface area contributed by atoms with Crippen LogP contribution in [0.5, 0.6) is 0 Å². The second-order valence-corrected chi connectivity index (χ2v) is 6.25. The topological polar surface area (TPSA) is 99.3 Å². The van der Waals surface area contributed by atoms with Crippen molar-refractivity contribution in [3.63, 3.8) is 0 Å². The van der Waals surface area contributed by atoms with Gasteiger partial charge in [-0.1, -0.05) is 15.9 Å². The molecule has 1 aromatic carbocycles. The Balaban J connectivity index is 2.42. The van der Waals surface area contributed by atoms with E-state index in [2.05, 4.69) is 25.6 Å². The number of aromatic nitrogens is 1. The second kappa shape index (κ2) is 5.06. The number of H-pyrrole nitrogens is 1. The Morgan fingerprint density at radius 1 is 1.32 bits per heavy atom. The Bertz CT molecular complexity index is 710. The molecule has 3 N–H and O–H groups in total. The molecule has 0 amide bonds. The highest BCUT2D eigenvalue weighted by atomic mass is 79.9. The van der Waals surface area contributed by atoms with Crippen molar-refractivity contribution < 1.29 is 18.3 Å². The number of aromatic amines is 1. The SMILES string of the molecule is O=C(O)c1cc(Br)ccc1NS(=O)(=O)c1cc[nH]c1. The third-order valence-electron chi connectivity index (χ3n) is 2.34. The Labute approximate surface area is 117 Å². The quantitative estimate of drug-likeness (QED) is 0.792. The fraction of sp³-hybridized carbons (Fsp3) is 0. The van der Waals surface area contributed by atoms with Gasteiger partial charge in [0.25, 0.3) is 10.0 Å². The van der Waals surface area contributed by atoms with E-state index in [1.807, 2.05) is 0 Å². The van der Waals surface area contributed by atoms with Crippen molar-refractivity contribution in [3.8, 4) is 0 Å². The lowest BCUT2D eigenvalue weighted by Crippen LogP contribution is -2.15. The van der Waals surface area contributed by atoms with E-state index in [1.165, 1.54) is 30.6 Å². The van der Waals surface area contributed by atoms with Crippen LogP contribution in [0.4, 0.5) is 5.69 Å². The van der Waals surface area contributed by atoms with Crippen LogP contribution in [-0.4, -0.2) is 24.5 Å². The van der Waals surface area contributed by atoms with Gasteiger partial charge >= 0.3 is 5.97 Å². The lowest BCUT2D eigenvalue weighted by Gasteiger charge is -2.09. The van der Waals surface area contributed by atoms with E-state index in [9.17, 15) is 13.2 Å². The van der Waals surface area contributed by atoms with E-state index in [1.54, 1.807) is 6.07 Å². The van der Waals surface area contributed by atoms with Gasteiger partial charge in [0.2, 0.25) is 0 Å². The highest BCUT2D eigenvalue weighted by Gasteiger charge is 2.18. The molecule has 0 aliphatic heterocycles. The molecule has 0 spiro atoms. The number of benzene rings is 1. The van der Waals surface area contributed by atoms with Crippen molar-refractivity contribution in [2.75, 3.05) is 4.72 Å². The Morgan fingerprint density at radius 3 is 2.63 bits per heavy atom. The molecule has 8 heteroatoms. The van der Waals surface area contributed by atoms with Crippen LogP contribution >= 0.6 is 15.9 Å². The van der Waals surface area contributed by atoms with Gasteiger partial charge in [-0.2, -0.15) is 0 Å². The van der Waals surface area contributed by atoms with Crippen molar-refractivity contribution in [1.82, 2.24) is 4.98 Å². The fourth-order valence-corrected chi connectivity index (χ4v) is 2.88. The summed E-state index contributed by atoms with van der Waals surface area (Å²) in [6.07, 6.45) is 2.77. The minimum Gasteiger partial charge on any atom is -0.478 e. The average molecular weight is 345 g/mol. The molecule has 0 aliphatic rings. The molecule has 0 radical (unpaired) electrons. The van der Waals surface area contributed by atoms with Gasteiger partial charge in [-0.25, -0.2) is 13.2 Å². The van der Waals surface area contributed by atoms with Crippen LogP contribution in [0.2, 0.25) is 0 Å². The molecule has 1 heterocycles. The first kappa shape index (κ1) is 13.6. The molecule has 2 rings (SSSR count). The fourth-order valence-electron chi connectivity index (χ4n) is 1.46. The number of carboxylic acid groups (broad SMARTS) is 1. The van der Waals surface area contributed by atoms with Gasteiger partial charge in [-0.15, -0.1) is 0 Å². The molecule has 1 aromatic heterocycles. The Morgan fingerprint density at radius 2 is 2.05 bits per heavy atom. The third-order valence-corrected chi connectivity index (χ3v) is 4.19. The van der Waals surface area contributed by atoms with Crippen LogP contribution < -0.4 is 4.72 Å². The maximum absolute atomic E-state index is 12.0. The van der Waals surface area contributed by atoms with Gasteiger partial charge in [0.05, 0.1) is 11.3 Å². The number of sulfonamides is 1. The van der Waals surface area contributed by atoms with Gasteiger partial charge in [-0.3, -0.25) is 4.72 Å². The first-order valence-corrected chi connectivity index (χ1v) is 7.36. The van der Waals surface area contributed by atoms with Crippen LogP contribution in [0.15, 0.2) is 46.0 Å². The van der Waals surface area contributed by atoms with Crippen molar-refractivity contribution in [2.45, 2.75) is 4.90 Å². The largest absolute Gasteiger partial charge is 0.478 e. The normalized spacial score (nSPS) is 11.2. The number of hydrogen-bond acceptors (Lipinski definition) is 3. The minimum atomic E-state index is -3.80. The van der Waals surface area contributed by atoms with Crippen LogP contribution in [-0.2, 0) is 10.0 Å². The van der Waals surface area contributed by atoms with Gasteiger partial charge in [0.15, 0.2) is 0 Å². The number of anilines is 1. The summed E-state index contributed by atoms with van der Waals surface area (Å²) in [4.78, 5) is 13.7. The van der Waals surface area contributed by atoms with E-state index in [-0.39, 0.29) is 16.1 Å². The standard InChI is InChI=1S/C11H9BrN2O4S/c12-7-1-2-10(9(5-7)11(15)16)14-19(17,18)8-3-4-13-6-8/h1-6,13-14H,(H,15,16). The van der Waals surface area contributed by atoms with Gasteiger partial charge in [0, 0.05) is 16.9 Å². The van der Waals surface area contributed by atoms with E-state index in [4.69, 9.17) is 5.11 Å². The zero-order chi connectivity index (χ0) is 14.0. The predicted molar refractivity (Wildman–Crippen MR) is 72.7 cm³/mol. The number of carbonyl (C=O) groups is 1. The van der Waals surface area contributed by atoms with E-state index in [0.29, 0.717) is 4.47 Å². The van der Waals surface area contributed by atoms with E-state index >= 15 is 0 Å². The predicted octanol–water partition coefficient (Wildman–Crippen LogP) is 2.28. The molecule has 0 unspecified atom stereocenters. The van der Waals surface area contributed by atoms with Gasteiger partial charge < -0.3 is 10.1 Å². The smallest absolute Gasteiger partial charge is 0.337 e. The number of nitrogens with one attached hydrogen (secondary N) is 2. The number of rotatable bonds is 4. The van der Waals surface area contributed by atoms with Crippen molar-refractivity contribution in [2.24, 2.45) is 0 Å². The molecule has 100 valence electrons. The number of halogens is 1.